The van der Waals surface area contributed by atoms with E-state index in [0.29, 0.717) is 11.8 Å². The zero-order valence-electron chi connectivity index (χ0n) is 14.3. The van der Waals surface area contributed by atoms with Gasteiger partial charge >= 0.3 is 0 Å². The molecule has 0 unspecified atom stereocenters. The highest BCUT2D eigenvalue weighted by Gasteiger charge is 2.20. The van der Waals surface area contributed by atoms with Gasteiger partial charge in [-0.15, -0.1) is 0 Å². The minimum absolute atomic E-state index is 0.603. The maximum atomic E-state index is 2.68. The quantitative estimate of drug-likeness (QED) is 0.686. The first-order valence-corrected chi connectivity index (χ1v) is 9.15. The van der Waals surface area contributed by atoms with E-state index in [1.807, 2.05) is 0 Å². The van der Waals surface area contributed by atoms with Crippen molar-refractivity contribution in [2.75, 3.05) is 19.6 Å². The Balaban J connectivity index is 1.72. The van der Waals surface area contributed by atoms with Gasteiger partial charge in [-0.25, -0.2) is 0 Å². The molecule has 1 saturated heterocycles. The Morgan fingerprint density at radius 3 is 1.96 bits per heavy atom. The second-order valence-electron chi connectivity index (χ2n) is 7.02. The molecule has 122 valence electrons. The van der Waals surface area contributed by atoms with Crippen LogP contribution in [0.4, 0.5) is 0 Å². The van der Waals surface area contributed by atoms with Gasteiger partial charge in [-0.2, -0.15) is 0 Å². The van der Waals surface area contributed by atoms with Crippen LogP contribution in [0.3, 0.4) is 0 Å². The molecule has 0 saturated carbocycles. The van der Waals surface area contributed by atoms with Gasteiger partial charge in [-0.1, -0.05) is 74.0 Å². The van der Waals surface area contributed by atoms with Crippen LogP contribution in [0, 0.1) is 0 Å². The molecule has 1 heterocycles. The Morgan fingerprint density at radius 1 is 0.783 bits per heavy atom. The number of nitrogens with zero attached hydrogens (tertiary/aromatic N) is 1. The van der Waals surface area contributed by atoms with Gasteiger partial charge < -0.3 is 4.90 Å². The molecule has 0 aromatic heterocycles. The van der Waals surface area contributed by atoms with Gasteiger partial charge in [0.25, 0.3) is 0 Å². The van der Waals surface area contributed by atoms with Crippen molar-refractivity contribution < 1.29 is 0 Å². The summed E-state index contributed by atoms with van der Waals surface area (Å²) in [6, 6.07) is 22.1. The van der Waals surface area contributed by atoms with Crippen molar-refractivity contribution >= 4 is 0 Å². The van der Waals surface area contributed by atoms with Crippen LogP contribution in [0.25, 0.3) is 0 Å². The maximum Gasteiger partial charge on any atom is 0.00505 e. The summed E-state index contributed by atoms with van der Waals surface area (Å²) in [7, 11) is 0. The molecule has 2 aromatic rings. The molecular formula is C22H29N. The third-order valence-electron chi connectivity index (χ3n) is 5.20. The lowest BCUT2D eigenvalue weighted by atomic mass is 9.85. The number of rotatable bonds is 6. The normalized spacial score (nSPS) is 18.5. The predicted molar refractivity (Wildman–Crippen MR) is 98.9 cm³/mol. The second kappa shape index (κ2) is 8.31. The summed E-state index contributed by atoms with van der Waals surface area (Å²) in [5, 5.41) is 0. The largest absolute Gasteiger partial charge is 0.303 e. The van der Waals surface area contributed by atoms with Crippen LogP contribution in [-0.2, 0) is 0 Å². The van der Waals surface area contributed by atoms with Crippen molar-refractivity contribution in [1.82, 2.24) is 4.90 Å². The van der Waals surface area contributed by atoms with Crippen molar-refractivity contribution in [3.8, 4) is 0 Å². The molecule has 3 rings (SSSR count). The molecule has 0 aliphatic carbocycles. The fourth-order valence-electron chi connectivity index (χ4n) is 3.84. The van der Waals surface area contributed by atoms with Gasteiger partial charge in [0.15, 0.2) is 0 Å². The minimum atomic E-state index is 0.603. The number of piperidine rings is 1. The van der Waals surface area contributed by atoms with Crippen molar-refractivity contribution in [2.45, 2.75) is 44.4 Å². The Bertz CT molecular complexity index is 557. The third-order valence-corrected chi connectivity index (χ3v) is 5.20. The SMILES string of the molecule is C[C@H](C[C@@H](CN1CCCCC1)c1ccccc1)c1ccccc1. The number of hydrogen-bond acceptors (Lipinski definition) is 1. The average Bonchev–Trinajstić information content (AvgIpc) is 2.63. The van der Waals surface area contributed by atoms with E-state index in [4.69, 9.17) is 0 Å². The summed E-state index contributed by atoms with van der Waals surface area (Å²) < 4.78 is 0. The fourth-order valence-corrected chi connectivity index (χ4v) is 3.84. The zero-order chi connectivity index (χ0) is 15.9. The van der Waals surface area contributed by atoms with Crippen LogP contribution < -0.4 is 0 Å². The van der Waals surface area contributed by atoms with Gasteiger partial charge in [-0.3, -0.25) is 0 Å². The third kappa shape index (κ3) is 4.68. The van der Waals surface area contributed by atoms with Crippen LogP contribution in [-0.4, -0.2) is 24.5 Å². The zero-order valence-corrected chi connectivity index (χ0v) is 14.3. The molecule has 0 spiro atoms. The van der Waals surface area contributed by atoms with E-state index in [2.05, 4.69) is 72.5 Å². The Hall–Kier alpha value is -1.60. The Morgan fingerprint density at radius 2 is 1.35 bits per heavy atom. The fraction of sp³-hybridized carbons (Fsp3) is 0.455. The summed E-state index contributed by atoms with van der Waals surface area (Å²) in [5.41, 5.74) is 2.97. The van der Waals surface area contributed by atoms with E-state index in [0.717, 1.165) is 0 Å². The topological polar surface area (TPSA) is 3.24 Å². The van der Waals surface area contributed by atoms with Gasteiger partial charge in [0.05, 0.1) is 0 Å². The molecule has 2 aromatic carbocycles. The summed E-state index contributed by atoms with van der Waals surface area (Å²) >= 11 is 0. The summed E-state index contributed by atoms with van der Waals surface area (Å²) in [6.45, 7) is 6.15. The molecule has 1 aliphatic rings. The van der Waals surface area contributed by atoms with Gasteiger partial charge in [0.2, 0.25) is 0 Å². The summed E-state index contributed by atoms with van der Waals surface area (Å²) in [5.74, 6) is 1.23. The summed E-state index contributed by atoms with van der Waals surface area (Å²) in [4.78, 5) is 2.68. The summed E-state index contributed by atoms with van der Waals surface area (Å²) in [6.07, 6.45) is 5.38. The predicted octanol–water partition coefficient (Wildman–Crippen LogP) is 5.45. The monoisotopic (exact) mass is 307 g/mol. The molecule has 0 bridgehead atoms. The van der Waals surface area contributed by atoms with Crippen LogP contribution in [0.15, 0.2) is 60.7 Å². The molecule has 0 N–H and O–H groups in total. The average molecular weight is 307 g/mol. The molecular weight excluding hydrogens is 278 g/mol. The smallest absolute Gasteiger partial charge is 0.00505 e. The lowest BCUT2D eigenvalue weighted by Gasteiger charge is -2.32. The molecule has 1 heteroatoms. The van der Waals surface area contributed by atoms with Crippen molar-refractivity contribution in [3.05, 3.63) is 71.8 Å². The highest BCUT2D eigenvalue weighted by molar-refractivity contribution is 5.23. The molecule has 0 amide bonds. The number of benzene rings is 2. The Labute approximate surface area is 141 Å². The second-order valence-corrected chi connectivity index (χ2v) is 7.02. The van der Waals surface area contributed by atoms with E-state index in [-0.39, 0.29) is 0 Å². The van der Waals surface area contributed by atoms with Crippen molar-refractivity contribution in [2.24, 2.45) is 0 Å². The lowest BCUT2D eigenvalue weighted by molar-refractivity contribution is 0.210. The molecule has 2 atom stereocenters. The molecule has 1 nitrogen and oxygen atoms in total. The van der Waals surface area contributed by atoms with Crippen molar-refractivity contribution in [3.63, 3.8) is 0 Å². The first-order chi connectivity index (χ1) is 11.3. The lowest BCUT2D eigenvalue weighted by Crippen LogP contribution is -2.33. The van der Waals surface area contributed by atoms with E-state index >= 15 is 0 Å². The Kier molecular flexibility index (Phi) is 5.87. The minimum Gasteiger partial charge on any atom is -0.303 e. The van der Waals surface area contributed by atoms with Gasteiger partial charge in [-0.05, 0) is 55.3 Å². The molecule has 1 aliphatic heterocycles. The first-order valence-electron chi connectivity index (χ1n) is 9.15. The van der Waals surface area contributed by atoms with Crippen LogP contribution in [0.2, 0.25) is 0 Å². The molecule has 1 fully saturated rings. The van der Waals surface area contributed by atoms with Gasteiger partial charge in [0, 0.05) is 6.54 Å². The maximum absolute atomic E-state index is 2.68. The van der Waals surface area contributed by atoms with Crippen LogP contribution >= 0.6 is 0 Å². The van der Waals surface area contributed by atoms with E-state index < -0.39 is 0 Å². The van der Waals surface area contributed by atoms with E-state index in [1.54, 1.807) is 0 Å². The molecule has 23 heavy (non-hydrogen) atoms. The van der Waals surface area contributed by atoms with Crippen LogP contribution in [0.5, 0.6) is 0 Å². The number of likely N-dealkylation sites (tertiary alicyclic amines) is 1. The van der Waals surface area contributed by atoms with E-state index in [1.165, 1.54) is 56.4 Å². The van der Waals surface area contributed by atoms with E-state index in [9.17, 15) is 0 Å². The first kappa shape index (κ1) is 16.3. The molecule has 0 radical (unpaired) electrons. The standard InChI is InChI=1S/C22H29N/c1-19(20-11-5-2-6-12-20)17-22(21-13-7-3-8-14-21)18-23-15-9-4-10-16-23/h2-3,5-8,11-14,19,22H,4,9-10,15-18H2,1H3/t19-,22+/m1/s1. The number of hydrogen-bond donors (Lipinski definition) is 0. The van der Waals surface area contributed by atoms with Gasteiger partial charge in [0.1, 0.15) is 0 Å². The highest BCUT2D eigenvalue weighted by atomic mass is 15.1. The van der Waals surface area contributed by atoms with Crippen LogP contribution in [0.1, 0.15) is 55.6 Å². The highest BCUT2D eigenvalue weighted by Crippen LogP contribution is 2.31. The van der Waals surface area contributed by atoms with Crippen molar-refractivity contribution in [1.29, 1.82) is 0 Å².